The quantitative estimate of drug-likeness (QED) is 0.505. The summed E-state index contributed by atoms with van der Waals surface area (Å²) in [6.07, 6.45) is 1.77. The van der Waals surface area contributed by atoms with Crippen LogP contribution < -0.4 is 5.32 Å². The summed E-state index contributed by atoms with van der Waals surface area (Å²) >= 11 is 1.74. The van der Waals surface area contributed by atoms with E-state index in [-0.39, 0.29) is 12.6 Å². The summed E-state index contributed by atoms with van der Waals surface area (Å²) in [4.78, 5) is 9.50. The fraction of sp³-hybridized carbons (Fsp3) is 0.400. The molecular formula is C20H23N7OS. The maximum absolute atomic E-state index is 9.66. The monoisotopic (exact) mass is 409 g/mol. The number of fused-ring (bicyclic) bond motifs is 5. The van der Waals surface area contributed by atoms with E-state index in [0.29, 0.717) is 5.78 Å². The molecule has 3 aromatic heterocycles. The van der Waals surface area contributed by atoms with Crippen LogP contribution in [0.4, 0.5) is 5.82 Å². The Morgan fingerprint density at radius 3 is 2.93 bits per heavy atom. The predicted octanol–water partition coefficient (Wildman–Crippen LogP) is 2.48. The molecule has 0 fully saturated rings. The maximum atomic E-state index is 9.66. The molecule has 0 radical (unpaired) electrons. The molecule has 1 aliphatic heterocycles. The number of nitrogens with zero attached hydrogens (tertiary/aromatic N) is 6. The lowest BCUT2D eigenvalue weighted by Crippen LogP contribution is -2.29. The molecule has 0 saturated heterocycles. The van der Waals surface area contributed by atoms with Gasteiger partial charge >= 0.3 is 0 Å². The van der Waals surface area contributed by atoms with Gasteiger partial charge in [-0.3, -0.25) is 4.90 Å². The van der Waals surface area contributed by atoms with E-state index < -0.39 is 0 Å². The van der Waals surface area contributed by atoms with E-state index in [1.807, 2.05) is 6.92 Å². The molecule has 150 valence electrons. The van der Waals surface area contributed by atoms with Crippen LogP contribution in [0.3, 0.4) is 0 Å². The molecule has 0 aliphatic carbocycles. The van der Waals surface area contributed by atoms with Crippen molar-refractivity contribution in [3.05, 3.63) is 46.3 Å². The number of aromatic nitrogens is 5. The van der Waals surface area contributed by atoms with Gasteiger partial charge in [-0.1, -0.05) is 42.4 Å². The van der Waals surface area contributed by atoms with E-state index >= 15 is 0 Å². The lowest BCUT2D eigenvalue weighted by atomic mass is 10.0. The van der Waals surface area contributed by atoms with E-state index in [9.17, 15) is 5.11 Å². The van der Waals surface area contributed by atoms with Crippen molar-refractivity contribution in [3.63, 3.8) is 0 Å². The number of aliphatic hydroxyl groups excluding tert-OH is 1. The first-order valence-electron chi connectivity index (χ1n) is 9.92. The molecular weight excluding hydrogens is 386 g/mol. The minimum Gasteiger partial charge on any atom is -0.394 e. The van der Waals surface area contributed by atoms with Gasteiger partial charge in [0, 0.05) is 24.5 Å². The smallest absolute Gasteiger partial charge is 0.276 e. The average molecular weight is 410 g/mol. The van der Waals surface area contributed by atoms with Crippen LogP contribution in [0.2, 0.25) is 0 Å². The molecule has 0 spiro atoms. The number of anilines is 1. The second-order valence-electron chi connectivity index (χ2n) is 7.41. The highest BCUT2D eigenvalue weighted by Gasteiger charge is 2.26. The van der Waals surface area contributed by atoms with Gasteiger partial charge < -0.3 is 10.4 Å². The van der Waals surface area contributed by atoms with E-state index in [2.05, 4.69) is 61.1 Å². The number of benzene rings is 1. The highest BCUT2D eigenvalue weighted by atomic mass is 32.1. The average Bonchev–Trinajstić information content (AvgIpc) is 3.36. The number of tetrazole rings is 1. The summed E-state index contributed by atoms with van der Waals surface area (Å²) in [5.74, 6) is 1.25. The summed E-state index contributed by atoms with van der Waals surface area (Å²) in [5, 5.41) is 26.2. The van der Waals surface area contributed by atoms with Crippen LogP contribution in [0.5, 0.6) is 0 Å². The lowest BCUT2D eigenvalue weighted by Gasteiger charge is -2.27. The molecule has 0 saturated carbocycles. The summed E-state index contributed by atoms with van der Waals surface area (Å²) in [6.45, 7) is 4.96. The third-order valence-corrected chi connectivity index (χ3v) is 6.71. The second kappa shape index (κ2) is 7.66. The van der Waals surface area contributed by atoms with E-state index in [1.165, 1.54) is 16.0 Å². The Kier molecular flexibility index (Phi) is 4.86. The number of aliphatic hydroxyl groups is 1. The van der Waals surface area contributed by atoms with Gasteiger partial charge in [-0.25, -0.2) is 0 Å². The molecule has 0 bridgehead atoms. The Bertz CT molecular complexity index is 1140. The van der Waals surface area contributed by atoms with Crippen LogP contribution in [-0.4, -0.2) is 54.2 Å². The van der Waals surface area contributed by atoms with E-state index in [0.717, 1.165) is 48.5 Å². The predicted molar refractivity (Wildman–Crippen MR) is 113 cm³/mol. The summed E-state index contributed by atoms with van der Waals surface area (Å²) < 4.78 is 1.73. The Morgan fingerprint density at radius 2 is 2.14 bits per heavy atom. The third-order valence-electron chi connectivity index (χ3n) is 5.51. The largest absolute Gasteiger partial charge is 0.394 e. The number of nitrogens with one attached hydrogen (secondary N) is 1. The van der Waals surface area contributed by atoms with Crippen LogP contribution in [0, 0.1) is 0 Å². The molecule has 5 rings (SSSR count). The van der Waals surface area contributed by atoms with Crippen LogP contribution in [0.25, 0.3) is 16.0 Å². The summed E-state index contributed by atoms with van der Waals surface area (Å²) in [5.41, 5.74) is 2.66. The standard InChI is InChI=1S/C20H23N7OS/c1-2-14(12-28)21-18-17-15-8-9-26(10-13-6-4-3-5-7-13)11-16(15)29-19(17)27-20(22-18)23-24-25-27/h3-7,14,28H,2,8-12H2,1H3,(H,21,22,23,25)/t14-/m1/s1. The topological polar surface area (TPSA) is 91.5 Å². The molecule has 8 nitrogen and oxygen atoms in total. The van der Waals surface area contributed by atoms with Gasteiger partial charge in [-0.15, -0.1) is 11.3 Å². The Morgan fingerprint density at radius 1 is 1.28 bits per heavy atom. The highest BCUT2D eigenvalue weighted by molar-refractivity contribution is 7.19. The van der Waals surface area contributed by atoms with Crippen molar-refractivity contribution >= 4 is 33.1 Å². The van der Waals surface area contributed by atoms with Gasteiger partial charge in [-0.05, 0) is 34.4 Å². The molecule has 4 aromatic rings. The molecule has 0 amide bonds. The lowest BCUT2D eigenvalue weighted by molar-refractivity contribution is 0.249. The molecule has 9 heteroatoms. The van der Waals surface area contributed by atoms with Crippen molar-refractivity contribution in [1.82, 2.24) is 29.9 Å². The van der Waals surface area contributed by atoms with Crippen molar-refractivity contribution in [3.8, 4) is 0 Å². The molecule has 4 heterocycles. The van der Waals surface area contributed by atoms with Gasteiger partial charge in [0.1, 0.15) is 10.6 Å². The van der Waals surface area contributed by atoms with Gasteiger partial charge in [0.15, 0.2) is 0 Å². The first-order chi connectivity index (χ1) is 14.3. The normalized spacial score (nSPS) is 15.7. The highest BCUT2D eigenvalue weighted by Crippen LogP contribution is 2.39. The Hall–Kier alpha value is -2.62. The zero-order valence-corrected chi connectivity index (χ0v) is 17.1. The van der Waals surface area contributed by atoms with Crippen molar-refractivity contribution in [2.75, 3.05) is 18.5 Å². The molecule has 1 aromatic carbocycles. The van der Waals surface area contributed by atoms with Crippen LogP contribution in [-0.2, 0) is 19.5 Å². The number of thiophene rings is 1. The van der Waals surface area contributed by atoms with Crippen LogP contribution in [0.1, 0.15) is 29.3 Å². The van der Waals surface area contributed by atoms with E-state index in [1.54, 1.807) is 15.9 Å². The van der Waals surface area contributed by atoms with Gasteiger partial charge in [0.25, 0.3) is 5.78 Å². The molecule has 2 N–H and O–H groups in total. The maximum Gasteiger partial charge on any atom is 0.276 e. The zero-order valence-electron chi connectivity index (χ0n) is 16.2. The minimum atomic E-state index is -0.0437. The van der Waals surface area contributed by atoms with E-state index in [4.69, 9.17) is 0 Å². The second-order valence-corrected chi connectivity index (χ2v) is 8.50. The van der Waals surface area contributed by atoms with Crippen molar-refractivity contribution < 1.29 is 5.11 Å². The Balaban J connectivity index is 1.55. The SMILES string of the molecule is CC[C@H](CO)Nc1nc2nnnn2c2sc3c(c12)CCN(Cc1ccccc1)C3. The minimum absolute atomic E-state index is 0.0437. The number of hydrogen-bond acceptors (Lipinski definition) is 8. The third kappa shape index (κ3) is 3.35. The van der Waals surface area contributed by atoms with Crippen molar-refractivity contribution in [2.24, 2.45) is 0 Å². The fourth-order valence-electron chi connectivity index (χ4n) is 3.93. The van der Waals surface area contributed by atoms with Gasteiger partial charge in [0.2, 0.25) is 0 Å². The molecule has 1 atom stereocenters. The van der Waals surface area contributed by atoms with Crippen LogP contribution in [0.15, 0.2) is 30.3 Å². The van der Waals surface area contributed by atoms with Crippen LogP contribution >= 0.6 is 11.3 Å². The fourth-order valence-corrected chi connectivity index (χ4v) is 5.26. The molecule has 0 unspecified atom stereocenters. The summed E-state index contributed by atoms with van der Waals surface area (Å²) in [6, 6.07) is 10.5. The number of rotatable bonds is 6. The van der Waals surface area contributed by atoms with Crippen molar-refractivity contribution in [2.45, 2.75) is 38.9 Å². The number of hydrogen-bond donors (Lipinski definition) is 2. The van der Waals surface area contributed by atoms with Gasteiger partial charge in [0.05, 0.1) is 18.0 Å². The molecule has 29 heavy (non-hydrogen) atoms. The summed E-state index contributed by atoms with van der Waals surface area (Å²) in [7, 11) is 0. The molecule has 1 aliphatic rings. The zero-order chi connectivity index (χ0) is 19.8. The Labute approximate surface area is 172 Å². The van der Waals surface area contributed by atoms with Gasteiger partial charge in [-0.2, -0.15) is 9.50 Å². The van der Waals surface area contributed by atoms with Crippen molar-refractivity contribution in [1.29, 1.82) is 0 Å². The first-order valence-corrected chi connectivity index (χ1v) is 10.7. The first kappa shape index (κ1) is 18.4.